The van der Waals surface area contributed by atoms with Crippen molar-refractivity contribution in [3.05, 3.63) is 48.0 Å². The zero-order valence-corrected chi connectivity index (χ0v) is 11.0. The second-order valence-electron chi connectivity index (χ2n) is 4.30. The normalized spacial score (nSPS) is 10.8. The molecule has 102 valence electrons. The molecule has 0 bridgehead atoms. The molecule has 0 saturated heterocycles. The van der Waals surface area contributed by atoms with Gasteiger partial charge in [-0.1, -0.05) is 0 Å². The van der Waals surface area contributed by atoms with Gasteiger partial charge in [-0.25, -0.2) is 4.39 Å². The maximum Gasteiger partial charge on any atom is 0.134 e. The Kier molecular flexibility index (Phi) is 5.12. The van der Waals surface area contributed by atoms with Crippen molar-refractivity contribution in [3.8, 4) is 11.3 Å². The Balaban J connectivity index is 1.86. The minimum atomic E-state index is -0.240. The molecule has 0 aliphatic rings. The van der Waals surface area contributed by atoms with Gasteiger partial charge in [0.1, 0.15) is 17.3 Å². The van der Waals surface area contributed by atoms with Gasteiger partial charge in [-0.3, -0.25) is 0 Å². The molecule has 1 aromatic carbocycles. The summed E-state index contributed by atoms with van der Waals surface area (Å²) in [5, 5.41) is 3.28. The minimum absolute atomic E-state index is 0.240. The Hall–Kier alpha value is -1.65. The van der Waals surface area contributed by atoms with Crippen LogP contribution in [0.2, 0.25) is 0 Å². The van der Waals surface area contributed by atoms with Gasteiger partial charge in [0.15, 0.2) is 0 Å². The lowest BCUT2D eigenvalue weighted by atomic mass is 10.2. The molecule has 1 N–H and O–H groups in total. The van der Waals surface area contributed by atoms with Crippen LogP contribution in [0.1, 0.15) is 12.2 Å². The topological polar surface area (TPSA) is 34.4 Å². The smallest absolute Gasteiger partial charge is 0.134 e. The van der Waals surface area contributed by atoms with Crippen LogP contribution in [0.15, 0.2) is 40.8 Å². The van der Waals surface area contributed by atoms with Crippen molar-refractivity contribution in [1.29, 1.82) is 0 Å². The fraction of sp³-hybridized carbons (Fsp3) is 0.333. The highest BCUT2D eigenvalue weighted by Gasteiger charge is 2.04. The largest absolute Gasteiger partial charge is 0.460 e. The quantitative estimate of drug-likeness (QED) is 0.779. The van der Waals surface area contributed by atoms with Gasteiger partial charge in [0, 0.05) is 19.3 Å². The van der Waals surface area contributed by atoms with Crippen molar-refractivity contribution >= 4 is 0 Å². The Morgan fingerprint density at radius 3 is 2.68 bits per heavy atom. The Labute approximate surface area is 112 Å². The van der Waals surface area contributed by atoms with E-state index >= 15 is 0 Å². The molecule has 2 rings (SSSR count). The highest BCUT2D eigenvalue weighted by atomic mass is 19.1. The molecule has 0 amide bonds. The third-order valence-electron chi connectivity index (χ3n) is 2.79. The molecule has 0 saturated carbocycles. The van der Waals surface area contributed by atoms with E-state index in [-0.39, 0.29) is 5.82 Å². The molecule has 0 unspecified atom stereocenters. The number of halogens is 1. The first-order chi connectivity index (χ1) is 9.29. The number of rotatable bonds is 7. The second-order valence-corrected chi connectivity index (χ2v) is 4.30. The van der Waals surface area contributed by atoms with E-state index in [0.29, 0.717) is 6.54 Å². The third-order valence-corrected chi connectivity index (χ3v) is 2.79. The van der Waals surface area contributed by atoms with Gasteiger partial charge in [-0.15, -0.1) is 0 Å². The molecule has 1 heterocycles. The zero-order chi connectivity index (χ0) is 13.5. The number of nitrogens with one attached hydrogen (secondary N) is 1. The summed E-state index contributed by atoms with van der Waals surface area (Å²) < 4.78 is 23.5. The number of hydrogen-bond acceptors (Lipinski definition) is 3. The number of methoxy groups -OCH3 is 1. The molecule has 0 atom stereocenters. The first-order valence-corrected chi connectivity index (χ1v) is 6.34. The van der Waals surface area contributed by atoms with Gasteiger partial charge in [0.05, 0.1) is 6.54 Å². The first kappa shape index (κ1) is 13.8. The van der Waals surface area contributed by atoms with Crippen LogP contribution in [0.5, 0.6) is 0 Å². The van der Waals surface area contributed by atoms with Crippen molar-refractivity contribution in [1.82, 2.24) is 5.32 Å². The van der Waals surface area contributed by atoms with E-state index in [4.69, 9.17) is 9.15 Å². The number of hydrogen-bond donors (Lipinski definition) is 1. The van der Waals surface area contributed by atoms with Crippen LogP contribution in [-0.4, -0.2) is 20.3 Å². The van der Waals surface area contributed by atoms with Gasteiger partial charge in [-0.05, 0) is 49.4 Å². The van der Waals surface area contributed by atoms with E-state index in [1.165, 1.54) is 12.1 Å². The zero-order valence-electron chi connectivity index (χ0n) is 11.0. The molecule has 0 spiro atoms. The molecule has 0 aliphatic carbocycles. The van der Waals surface area contributed by atoms with Crippen molar-refractivity contribution < 1.29 is 13.5 Å². The predicted molar refractivity (Wildman–Crippen MR) is 72.3 cm³/mol. The molecule has 1 aromatic heterocycles. The SMILES string of the molecule is COCCCNCc1ccc(-c2ccc(F)cc2)o1. The molecular formula is C15H18FNO2. The monoisotopic (exact) mass is 263 g/mol. The second kappa shape index (κ2) is 7.07. The van der Waals surface area contributed by atoms with Crippen LogP contribution in [0, 0.1) is 5.82 Å². The van der Waals surface area contributed by atoms with Crippen molar-refractivity contribution in [2.75, 3.05) is 20.3 Å². The fourth-order valence-corrected chi connectivity index (χ4v) is 1.80. The van der Waals surface area contributed by atoms with Crippen LogP contribution in [0.4, 0.5) is 4.39 Å². The summed E-state index contributed by atoms with van der Waals surface area (Å²) in [5.41, 5.74) is 0.882. The number of furan rings is 1. The maximum absolute atomic E-state index is 12.8. The molecule has 2 aromatic rings. The minimum Gasteiger partial charge on any atom is -0.460 e. The van der Waals surface area contributed by atoms with Gasteiger partial charge in [0.25, 0.3) is 0 Å². The predicted octanol–water partition coefficient (Wildman–Crippen LogP) is 3.21. The summed E-state index contributed by atoms with van der Waals surface area (Å²) in [7, 11) is 1.70. The summed E-state index contributed by atoms with van der Waals surface area (Å²) in [4.78, 5) is 0. The van der Waals surface area contributed by atoms with E-state index in [2.05, 4.69) is 5.32 Å². The van der Waals surface area contributed by atoms with Gasteiger partial charge >= 0.3 is 0 Å². The lowest BCUT2D eigenvalue weighted by Gasteiger charge is -2.02. The Morgan fingerprint density at radius 2 is 1.95 bits per heavy atom. The van der Waals surface area contributed by atoms with E-state index in [0.717, 1.165) is 36.7 Å². The van der Waals surface area contributed by atoms with E-state index in [9.17, 15) is 4.39 Å². The summed E-state index contributed by atoms with van der Waals surface area (Å²) in [6, 6.07) is 10.1. The summed E-state index contributed by atoms with van der Waals surface area (Å²) in [6.07, 6.45) is 0.974. The Bertz CT molecular complexity index is 493. The van der Waals surface area contributed by atoms with Crippen molar-refractivity contribution in [2.45, 2.75) is 13.0 Å². The van der Waals surface area contributed by atoms with Crippen LogP contribution in [-0.2, 0) is 11.3 Å². The van der Waals surface area contributed by atoms with Gasteiger partial charge in [-0.2, -0.15) is 0 Å². The summed E-state index contributed by atoms with van der Waals surface area (Å²) in [5.74, 6) is 1.39. The molecule has 0 fully saturated rings. The highest BCUT2D eigenvalue weighted by molar-refractivity contribution is 5.57. The van der Waals surface area contributed by atoms with Crippen LogP contribution in [0.25, 0.3) is 11.3 Å². The van der Waals surface area contributed by atoms with Crippen LogP contribution in [0.3, 0.4) is 0 Å². The molecule has 19 heavy (non-hydrogen) atoms. The molecule has 3 nitrogen and oxygen atoms in total. The standard InChI is InChI=1S/C15H18FNO2/c1-18-10-2-9-17-11-14-7-8-15(19-14)12-3-5-13(16)6-4-12/h3-8,17H,2,9-11H2,1H3. The first-order valence-electron chi connectivity index (χ1n) is 6.34. The van der Waals surface area contributed by atoms with E-state index in [1.807, 2.05) is 12.1 Å². The molecule has 0 aliphatic heterocycles. The number of ether oxygens (including phenoxy) is 1. The van der Waals surface area contributed by atoms with E-state index < -0.39 is 0 Å². The van der Waals surface area contributed by atoms with Gasteiger partial charge < -0.3 is 14.5 Å². The maximum atomic E-state index is 12.8. The summed E-state index contributed by atoms with van der Waals surface area (Å²) in [6.45, 7) is 2.33. The lowest BCUT2D eigenvalue weighted by molar-refractivity contribution is 0.194. The van der Waals surface area contributed by atoms with E-state index in [1.54, 1.807) is 19.2 Å². The molecule has 4 heteroatoms. The van der Waals surface area contributed by atoms with Crippen molar-refractivity contribution in [3.63, 3.8) is 0 Å². The van der Waals surface area contributed by atoms with Gasteiger partial charge in [0.2, 0.25) is 0 Å². The number of benzene rings is 1. The molecular weight excluding hydrogens is 245 g/mol. The highest BCUT2D eigenvalue weighted by Crippen LogP contribution is 2.22. The summed E-state index contributed by atoms with van der Waals surface area (Å²) >= 11 is 0. The third kappa shape index (κ3) is 4.19. The average Bonchev–Trinajstić information content (AvgIpc) is 2.88. The average molecular weight is 263 g/mol. The van der Waals surface area contributed by atoms with Crippen molar-refractivity contribution in [2.24, 2.45) is 0 Å². The van der Waals surface area contributed by atoms with Crippen LogP contribution >= 0.6 is 0 Å². The lowest BCUT2D eigenvalue weighted by Crippen LogP contribution is -2.15. The Morgan fingerprint density at radius 1 is 1.16 bits per heavy atom. The van der Waals surface area contributed by atoms with Crippen LogP contribution < -0.4 is 5.32 Å². The fourth-order valence-electron chi connectivity index (χ4n) is 1.80. The molecule has 0 radical (unpaired) electrons.